The number of hydrogen-bond acceptors (Lipinski definition) is 3. The summed E-state index contributed by atoms with van der Waals surface area (Å²) in [5, 5.41) is 2.28. The van der Waals surface area contributed by atoms with Gasteiger partial charge in [-0.3, -0.25) is 4.57 Å². The van der Waals surface area contributed by atoms with Crippen LogP contribution in [-0.4, -0.2) is 19.5 Å². The van der Waals surface area contributed by atoms with Crippen LogP contribution in [-0.2, 0) is 0 Å². The van der Waals surface area contributed by atoms with Crippen LogP contribution in [0.1, 0.15) is 0 Å². The van der Waals surface area contributed by atoms with Gasteiger partial charge < -0.3 is 0 Å². The summed E-state index contributed by atoms with van der Waals surface area (Å²) in [7, 11) is 0. The Bertz CT molecular complexity index is 2940. The molecule has 0 saturated carbocycles. The molecule has 10 rings (SSSR count). The highest BCUT2D eigenvalue weighted by Gasteiger charge is 2.22. The van der Waals surface area contributed by atoms with Gasteiger partial charge in [-0.1, -0.05) is 188 Å². The fourth-order valence-corrected chi connectivity index (χ4v) is 7.66. The highest BCUT2D eigenvalue weighted by Crippen LogP contribution is 2.42. The van der Waals surface area contributed by atoms with Crippen LogP contribution in [0.4, 0.5) is 0 Å². The van der Waals surface area contributed by atoms with E-state index in [0.29, 0.717) is 17.6 Å². The minimum absolute atomic E-state index is 0.563. The van der Waals surface area contributed by atoms with Gasteiger partial charge in [0.05, 0.1) is 11.0 Å². The maximum atomic E-state index is 5.35. The van der Waals surface area contributed by atoms with Gasteiger partial charge in [0.1, 0.15) is 0 Å². The Kier molecular flexibility index (Phi) is 8.12. The monoisotopic (exact) mass is 702 g/mol. The Morgan fingerprint density at radius 3 is 1.44 bits per heavy atom. The molecule has 4 heteroatoms. The fraction of sp³-hybridized carbons (Fsp3) is 0. The van der Waals surface area contributed by atoms with Crippen molar-refractivity contribution in [1.29, 1.82) is 0 Å². The maximum Gasteiger partial charge on any atom is 0.238 e. The van der Waals surface area contributed by atoms with Crippen LogP contribution in [0.2, 0.25) is 0 Å². The lowest BCUT2D eigenvalue weighted by molar-refractivity contribution is 0.954. The van der Waals surface area contributed by atoms with Crippen LogP contribution in [0.15, 0.2) is 206 Å². The SMILES string of the molecule is c1ccc(-c2ccc(-c3cc(-c4ccccc4)cc4c3c3ccccc3n4-c3nc(-c4ccccc4)nc(-c4ccccc4-c4ccccc4)n3)cc2)cc1. The van der Waals surface area contributed by atoms with E-state index in [-0.39, 0.29) is 0 Å². The standard InChI is InChI=1S/C51H34N4/c1-5-17-35(18-6-1)37-29-31-39(32-30-37)45-33-41(36-19-7-2-8-20-36)34-47-48(45)44-27-15-16-28-46(44)55(47)51-53-49(40-23-11-4-12-24-40)52-50(54-51)43-26-14-13-25-42(43)38-21-9-3-10-22-38/h1-34H. The summed E-state index contributed by atoms with van der Waals surface area (Å²) in [6, 6.07) is 72.2. The van der Waals surface area contributed by atoms with Gasteiger partial charge in [0, 0.05) is 21.9 Å². The van der Waals surface area contributed by atoms with E-state index >= 15 is 0 Å². The zero-order valence-electron chi connectivity index (χ0n) is 29.9. The van der Waals surface area contributed by atoms with Crippen LogP contribution < -0.4 is 0 Å². The lowest BCUT2D eigenvalue weighted by Gasteiger charge is -2.14. The number of nitrogens with zero attached hydrogens (tertiary/aromatic N) is 4. The number of hydrogen-bond donors (Lipinski definition) is 0. The van der Waals surface area contributed by atoms with Gasteiger partial charge >= 0.3 is 0 Å². The molecule has 0 unspecified atom stereocenters. The van der Waals surface area contributed by atoms with E-state index in [9.17, 15) is 0 Å². The molecule has 0 radical (unpaired) electrons. The molecule has 0 atom stereocenters. The first-order valence-corrected chi connectivity index (χ1v) is 18.5. The zero-order valence-corrected chi connectivity index (χ0v) is 29.9. The minimum Gasteiger partial charge on any atom is -0.278 e. The van der Waals surface area contributed by atoms with Crippen molar-refractivity contribution in [1.82, 2.24) is 19.5 Å². The topological polar surface area (TPSA) is 43.6 Å². The van der Waals surface area contributed by atoms with E-state index in [4.69, 9.17) is 15.0 Å². The van der Waals surface area contributed by atoms with Crippen molar-refractivity contribution >= 4 is 21.8 Å². The normalized spacial score (nSPS) is 11.3. The van der Waals surface area contributed by atoms with E-state index < -0.39 is 0 Å². The average molecular weight is 703 g/mol. The molecule has 0 amide bonds. The second-order valence-corrected chi connectivity index (χ2v) is 13.6. The molecule has 10 aromatic rings. The van der Waals surface area contributed by atoms with Crippen LogP contribution in [0.3, 0.4) is 0 Å². The maximum absolute atomic E-state index is 5.35. The first kappa shape index (κ1) is 32.2. The van der Waals surface area contributed by atoms with Crippen molar-refractivity contribution in [3.8, 4) is 73.2 Å². The van der Waals surface area contributed by atoms with E-state index in [2.05, 4.69) is 187 Å². The van der Waals surface area contributed by atoms with Crippen molar-refractivity contribution in [3.05, 3.63) is 206 Å². The van der Waals surface area contributed by atoms with Crippen molar-refractivity contribution in [2.45, 2.75) is 0 Å². The van der Waals surface area contributed by atoms with Gasteiger partial charge in [-0.05, 0) is 62.7 Å². The van der Waals surface area contributed by atoms with Gasteiger partial charge in [0.25, 0.3) is 0 Å². The summed E-state index contributed by atoms with van der Waals surface area (Å²) < 4.78 is 2.22. The number of rotatable bonds is 7. The number of fused-ring (bicyclic) bond motifs is 3. The van der Waals surface area contributed by atoms with Crippen molar-refractivity contribution in [3.63, 3.8) is 0 Å². The first-order chi connectivity index (χ1) is 27.3. The molecule has 0 saturated heterocycles. The third-order valence-corrected chi connectivity index (χ3v) is 10.3. The predicted molar refractivity (Wildman–Crippen MR) is 227 cm³/mol. The summed E-state index contributed by atoms with van der Waals surface area (Å²) in [5.41, 5.74) is 13.0. The Balaban J connectivity index is 1.26. The Labute approximate surface area is 319 Å². The molecule has 0 aliphatic heterocycles. The van der Waals surface area contributed by atoms with Crippen LogP contribution in [0, 0.1) is 0 Å². The van der Waals surface area contributed by atoms with Gasteiger partial charge in [-0.15, -0.1) is 0 Å². The van der Waals surface area contributed by atoms with Crippen LogP contribution in [0.25, 0.3) is 95.0 Å². The Morgan fingerprint density at radius 1 is 0.291 bits per heavy atom. The smallest absolute Gasteiger partial charge is 0.238 e. The summed E-state index contributed by atoms with van der Waals surface area (Å²) in [5.74, 6) is 1.80. The summed E-state index contributed by atoms with van der Waals surface area (Å²) in [4.78, 5) is 15.8. The molecular formula is C51H34N4. The molecule has 0 spiro atoms. The van der Waals surface area contributed by atoms with Gasteiger partial charge in [-0.25, -0.2) is 4.98 Å². The molecule has 258 valence electrons. The Morgan fingerprint density at radius 2 is 0.764 bits per heavy atom. The van der Waals surface area contributed by atoms with E-state index in [1.165, 1.54) is 11.1 Å². The largest absolute Gasteiger partial charge is 0.278 e. The molecule has 2 heterocycles. The van der Waals surface area contributed by atoms with Crippen LogP contribution in [0.5, 0.6) is 0 Å². The van der Waals surface area contributed by atoms with E-state index in [1.54, 1.807) is 0 Å². The quantitative estimate of drug-likeness (QED) is 0.166. The molecule has 4 nitrogen and oxygen atoms in total. The second-order valence-electron chi connectivity index (χ2n) is 13.6. The van der Waals surface area contributed by atoms with Gasteiger partial charge in [-0.2, -0.15) is 9.97 Å². The van der Waals surface area contributed by atoms with E-state index in [1.807, 2.05) is 24.3 Å². The molecular weight excluding hydrogens is 669 g/mol. The zero-order chi connectivity index (χ0) is 36.6. The fourth-order valence-electron chi connectivity index (χ4n) is 7.66. The molecule has 8 aromatic carbocycles. The summed E-state index contributed by atoms with van der Waals surface area (Å²) in [6.45, 7) is 0. The highest BCUT2D eigenvalue weighted by molar-refractivity contribution is 6.17. The Hall–Kier alpha value is -7.43. The molecule has 55 heavy (non-hydrogen) atoms. The van der Waals surface area contributed by atoms with Crippen molar-refractivity contribution in [2.75, 3.05) is 0 Å². The molecule has 0 N–H and O–H groups in total. The third kappa shape index (κ3) is 5.96. The third-order valence-electron chi connectivity index (χ3n) is 10.3. The molecule has 0 bridgehead atoms. The van der Waals surface area contributed by atoms with Crippen LogP contribution >= 0.6 is 0 Å². The minimum atomic E-state index is 0.563. The van der Waals surface area contributed by atoms with Gasteiger partial charge in [0.2, 0.25) is 5.95 Å². The molecule has 0 fully saturated rings. The molecule has 0 aliphatic carbocycles. The molecule has 0 aliphatic rings. The van der Waals surface area contributed by atoms with Crippen molar-refractivity contribution in [2.24, 2.45) is 0 Å². The summed E-state index contributed by atoms with van der Waals surface area (Å²) in [6.07, 6.45) is 0. The van der Waals surface area contributed by atoms with E-state index in [0.717, 1.165) is 66.3 Å². The first-order valence-electron chi connectivity index (χ1n) is 18.5. The molecule has 2 aromatic heterocycles. The predicted octanol–water partition coefficient (Wildman–Crippen LogP) is 13.0. The van der Waals surface area contributed by atoms with Crippen molar-refractivity contribution < 1.29 is 0 Å². The van der Waals surface area contributed by atoms with Gasteiger partial charge in [0.15, 0.2) is 11.6 Å². The highest BCUT2D eigenvalue weighted by atomic mass is 15.2. The lowest BCUT2D eigenvalue weighted by Crippen LogP contribution is -2.07. The number of aromatic nitrogens is 4. The second kappa shape index (κ2) is 13.8. The number of para-hydroxylation sites is 1. The summed E-state index contributed by atoms with van der Waals surface area (Å²) >= 11 is 0. The lowest BCUT2D eigenvalue weighted by atomic mass is 9.93. The average Bonchev–Trinajstić information content (AvgIpc) is 3.61. The number of benzene rings is 8.